The molecule has 0 amide bonds. The van der Waals surface area contributed by atoms with Gasteiger partial charge in [0, 0.05) is 38.1 Å². The fourth-order valence-corrected chi connectivity index (χ4v) is 4.72. The van der Waals surface area contributed by atoms with Crippen LogP contribution in [-0.4, -0.2) is 4.98 Å². The number of H-pyrrole nitrogens is 1. The molecule has 0 aliphatic rings. The maximum atomic E-state index is 6.54. The Bertz CT molecular complexity index is 1550. The van der Waals surface area contributed by atoms with E-state index in [1.54, 1.807) is 0 Å². The Morgan fingerprint density at radius 3 is 2.30 bits per heavy atom. The summed E-state index contributed by atoms with van der Waals surface area (Å²) in [6, 6.07) is 28.1. The summed E-state index contributed by atoms with van der Waals surface area (Å²) in [4.78, 5) is 3.52. The second kappa shape index (κ2) is 6.50. The van der Waals surface area contributed by atoms with Gasteiger partial charge >= 0.3 is 0 Å². The number of rotatable bonds is 3. The largest absolute Gasteiger partial charge is 0.455 e. The van der Waals surface area contributed by atoms with Crippen LogP contribution in [0.5, 0.6) is 0 Å². The summed E-state index contributed by atoms with van der Waals surface area (Å²) in [6.45, 7) is 4.51. The summed E-state index contributed by atoms with van der Waals surface area (Å²) in [5.74, 6) is 0.590. The van der Waals surface area contributed by atoms with E-state index in [2.05, 4.69) is 97.7 Å². The summed E-state index contributed by atoms with van der Waals surface area (Å²) >= 11 is 0. The van der Waals surface area contributed by atoms with Crippen LogP contribution in [0.15, 0.2) is 83.3 Å². The van der Waals surface area contributed by atoms with Gasteiger partial charge in [0.15, 0.2) is 0 Å². The van der Waals surface area contributed by atoms with Gasteiger partial charge in [-0.2, -0.15) is 0 Å². The molecule has 6 rings (SSSR count). The van der Waals surface area contributed by atoms with Crippen LogP contribution in [0.25, 0.3) is 54.9 Å². The van der Waals surface area contributed by atoms with E-state index < -0.39 is 0 Å². The molecule has 0 unspecified atom stereocenters. The fourth-order valence-electron chi connectivity index (χ4n) is 4.72. The quantitative estimate of drug-likeness (QED) is 0.325. The number of aromatic amines is 1. The van der Waals surface area contributed by atoms with Crippen molar-refractivity contribution in [2.45, 2.75) is 20.3 Å². The van der Waals surface area contributed by atoms with Crippen LogP contribution in [0.2, 0.25) is 0 Å². The van der Waals surface area contributed by atoms with Gasteiger partial charge in [0.25, 0.3) is 0 Å². The van der Waals surface area contributed by atoms with Gasteiger partial charge in [-0.3, -0.25) is 0 Å². The van der Waals surface area contributed by atoms with E-state index in [4.69, 9.17) is 4.42 Å². The zero-order valence-electron chi connectivity index (χ0n) is 17.2. The molecular formula is C28H23NO. The van der Waals surface area contributed by atoms with Crippen LogP contribution in [0.3, 0.4) is 0 Å². The molecule has 0 saturated heterocycles. The van der Waals surface area contributed by atoms with Crippen molar-refractivity contribution in [3.63, 3.8) is 0 Å². The third kappa shape index (κ3) is 2.57. The second-order valence-corrected chi connectivity index (χ2v) is 8.61. The average Bonchev–Trinajstić information content (AvgIpc) is 3.32. The SMILES string of the molecule is CC(C)Cc1cccc2c1oc1c(-c3ccc4[nH]c5ccccc5c4c3)cccc12. The van der Waals surface area contributed by atoms with Crippen LogP contribution >= 0.6 is 0 Å². The monoisotopic (exact) mass is 389 g/mol. The highest BCUT2D eigenvalue weighted by molar-refractivity contribution is 6.12. The number of furan rings is 1. The molecule has 2 aromatic heterocycles. The summed E-state index contributed by atoms with van der Waals surface area (Å²) in [5, 5.41) is 4.90. The lowest BCUT2D eigenvalue weighted by Crippen LogP contribution is -1.93. The van der Waals surface area contributed by atoms with Crippen molar-refractivity contribution in [1.82, 2.24) is 4.98 Å². The summed E-state index contributed by atoms with van der Waals surface area (Å²) in [7, 11) is 0. The maximum Gasteiger partial charge on any atom is 0.143 e. The van der Waals surface area contributed by atoms with E-state index in [0.717, 1.165) is 28.7 Å². The third-order valence-electron chi connectivity index (χ3n) is 6.05. The van der Waals surface area contributed by atoms with Crippen molar-refractivity contribution in [2.75, 3.05) is 0 Å². The fraction of sp³-hybridized carbons (Fsp3) is 0.143. The molecule has 0 aliphatic carbocycles. The molecule has 0 spiro atoms. The molecule has 6 aromatic rings. The van der Waals surface area contributed by atoms with Crippen molar-refractivity contribution >= 4 is 43.7 Å². The number of aromatic nitrogens is 1. The van der Waals surface area contributed by atoms with Gasteiger partial charge in [0.1, 0.15) is 11.2 Å². The molecule has 2 heterocycles. The van der Waals surface area contributed by atoms with Crippen molar-refractivity contribution in [1.29, 1.82) is 0 Å². The number of fused-ring (bicyclic) bond motifs is 6. The van der Waals surface area contributed by atoms with Crippen LogP contribution in [0, 0.1) is 5.92 Å². The number of benzene rings is 4. The minimum Gasteiger partial charge on any atom is -0.455 e. The van der Waals surface area contributed by atoms with E-state index in [-0.39, 0.29) is 0 Å². The lowest BCUT2D eigenvalue weighted by molar-refractivity contribution is 0.624. The molecule has 0 saturated carbocycles. The van der Waals surface area contributed by atoms with Crippen molar-refractivity contribution < 1.29 is 4.42 Å². The molecule has 0 bridgehead atoms. The summed E-state index contributed by atoms with van der Waals surface area (Å²) < 4.78 is 6.54. The molecule has 0 atom stereocenters. The van der Waals surface area contributed by atoms with Gasteiger partial charge in [-0.15, -0.1) is 0 Å². The van der Waals surface area contributed by atoms with Gasteiger partial charge in [0.05, 0.1) is 0 Å². The predicted octanol–water partition coefficient (Wildman–Crippen LogP) is 8.09. The minimum absolute atomic E-state index is 0.590. The van der Waals surface area contributed by atoms with Gasteiger partial charge in [-0.1, -0.05) is 74.5 Å². The van der Waals surface area contributed by atoms with E-state index in [9.17, 15) is 0 Å². The Balaban J connectivity index is 1.61. The molecule has 0 fully saturated rings. The zero-order valence-corrected chi connectivity index (χ0v) is 17.2. The molecule has 0 radical (unpaired) electrons. The zero-order chi connectivity index (χ0) is 20.2. The first-order chi connectivity index (χ1) is 14.7. The topological polar surface area (TPSA) is 28.9 Å². The smallest absolute Gasteiger partial charge is 0.143 e. The number of para-hydroxylation sites is 3. The van der Waals surface area contributed by atoms with E-state index >= 15 is 0 Å². The first-order valence-electron chi connectivity index (χ1n) is 10.6. The summed E-state index contributed by atoms with van der Waals surface area (Å²) in [5.41, 5.74) is 7.95. The maximum absolute atomic E-state index is 6.54. The normalized spacial score (nSPS) is 12.1. The van der Waals surface area contributed by atoms with Crippen LogP contribution in [0.4, 0.5) is 0 Å². The van der Waals surface area contributed by atoms with E-state index in [1.165, 1.54) is 38.2 Å². The Kier molecular flexibility index (Phi) is 3.76. The van der Waals surface area contributed by atoms with Gasteiger partial charge in [-0.05, 0) is 41.7 Å². The second-order valence-electron chi connectivity index (χ2n) is 8.61. The first-order valence-corrected chi connectivity index (χ1v) is 10.6. The lowest BCUT2D eigenvalue weighted by Gasteiger charge is -2.05. The molecule has 30 heavy (non-hydrogen) atoms. The highest BCUT2D eigenvalue weighted by Crippen LogP contribution is 2.38. The van der Waals surface area contributed by atoms with E-state index in [1.807, 2.05) is 0 Å². The third-order valence-corrected chi connectivity index (χ3v) is 6.05. The predicted molar refractivity (Wildman–Crippen MR) is 127 cm³/mol. The van der Waals surface area contributed by atoms with Gasteiger partial charge in [0.2, 0.25) is 0 Å². The standard InChI is InChI=1S/C28H23NO/c1-17(2)15-19-7-5-10-22-23-11-6-9-20(28(23)30-27(19)22)18-13-14-26-24(16-18)21-8-3-4-12-25(21)29-26/h3-14,16-17,29H,15H2,1-2H3. The number of hydrogen-bond acceptors (Lipinski definition) is 1. The Morgan fingerprint density at radius 2 is 1.43 bits per heavy atom. The first kappa shape index (κ1) is 17.3. The number of nitrogens with one attached hydrogen (secondary N) is 1. The van der Waals surface area contributed by atoms with Crippen LogP contribution in [0.1, 0.15) is 19.4 Å². The van der Waals surface area contributed by atoms with Crippen molar-refractivity contribution in [3.05, 3.63) is 84.4 Å². The molecular weight excluding hydrogens is 366 g/mol. The lowest BCUT2D eigenvalue weighted by atomic mass is 9.98. The molecule has 146 valence electrons. The Hall–Kier alpha value is -3.52. The Labute approximate surface area is 175 Å². The molecule has 1 N–H and O–H groups in total. The van der Waals surface area contributed by atoms with Crippen molar-refractivity contribution in [3.8, 4) is 11.1 Å². The van der Waals surface area contributed by atoms with Gasteiger partial charge in [-0.25, -0.2) is 0 Å². The Morgan fingerprint density at radius 1 is 0.700 bits per heavy atom. The van der Waals surface area contributed by atoms with Crippen molar-refractivity contribution in [2.24, 2.45) is 5.92 Å². The van der Waals surface area contributed by atoms with Gasteiger partial charge < -0.3 is 9.40 Å². The van der Waals surface area contributed by atoms with Crippen LogP contribution in [-0.2, 0) is 6.42 Å². The minimum atomic E-state index is 0.590. The number of hydrogen-bond donors (Lipinski definition) is 1. The average molecular weight is 389 g/mol. The van der Waals surface area contributed by atoms with Crippen LogP contribution < -0.4 is 0 Å². The highest BCUT2D eigenvalue weighted by atomic mass is 16.3. The molecule has 0 aliphatic heterocycles. The highest BCUT2D eigenvalue weighted by Gasteiger charge is 2.15. The van der Waals surface area contributed by atoms with E-state index in [0.29, 0.717) is 5.92 Å². The summed E-state index contributed by atoms with van der Waals surface area (Å²) in [6.07, 6.45) is 1.02. The molecule has 4 aromatic carbocycles. The molecule has 2 heteroatoms. The molecule has 2 nitrogen and oxygen atoms in total.